The van der Waals surface area contributed by atoms with E-state index in [0.29, 0.717) is 18.3 Å². The Morgan fingerprint density at radius 3 is 2.48 bits per heavy atom. The molecular weight excluding hydrogens is 286 g/mol. The standard InChI is InChI=1S/C20H31NO2/c1-16-11-17(2)13-20(12-16,14-19(22)23)15-21-10-6-9-18-7-4-3-5-8-18/h3-5,7-8,16-17,21H,6,9-15H2,1-2H3,(H,22,23)/t16-,17+,20?. The molecule has 1 aromatic carbocycles. The smallest absolute Gasteiger partial charge is 0.303 e. The maximum atomic E-state index is 11.3. The molecule has 1 aliphatic rings. The van der Waals surface area contributed by atoms with Gasteiger partial charge in [-0.25, -0.2) is 0 Å². The van der Waals surface area contributed by atoms with Crippen LogP contribution in [0.5, 0.6) is 0 Å². The highest BCUT2D eigenvalue weighted by molar-refractivity contribution is 5.67. The van der Waals surface area contributed by atoms with Crippen molar-refractivity contribution < 1.29 is 9.90 Å². The van der Waals surface area contributed by atoms with Gasteiger partial charge in [-0.1, -0.05) is 44.2 Å². The number of carbonyl (C=O) groups is 1. The maximum Gasteiger partial charge on any atom is 0.303 e. The third-order valence-electron chi connectivity index (χ3n) is 5.06. The molecule has 2 rings (SSSR count). The Hall–Kier alpha value is -1.35. The van der Waals surface area contributed by atoms with E-state index in [0.717, 1.165) is 38.8 Å². The van der Waals surface area contributed by atoms with Crippen molar-refractivity contribution in [3.63, 3.8) is 0 Å². The molecule has 1 saturated carbocycles. The lowest BCUT2D eigenvalue weighted by atomic mass is 9.64. The number of hydrogen-bond donors (Lipinski definition) is 2. The van der Waals surface area contributed by atoms with Gasteiger partial charge in [-0.2, -0.15) is 0 Å². The summed E-state index contributed by atoms with van der Waals surface area (Å²) in [6.07, 6.45) is 5.78. The van der Waals surface area contributed by atoms with Gasteiger partial charge in [0.15, 0.2) is 0 Å². The Bertz CT molecular complexity index is 476. The lowest BCUT2D eigenvalue weighted by molar-refractivity contribution is -0.140. The highest BCUT2D eigenvalue weighted by Crippen LogP contribution is 2.44. The Labute approximate surface area is 140 Å². The van der Waals surface area contributed by atoms with Gasteiger partial charge in [0.2, 0.25) is 0 Å². The molecule has 1 aromatic rings. The molecule has 3 nitrogen and oxygen atoms in total. The Morgan fingerprint density at radius 2 is 1.87 bits per heavy atom. The number of benzene rings is 1. The van der Waals surface area contributed by atoms with Crippen LogP contribution in [0, 0.1) is 17.3 Å². The van der Waals surface area contributed by atoms with E-state index in [-0.39, 0.29) is 5.41 Å². The fraction of sp³-hybridized carbons (Fsp3) is 0.650. The van der Waals surface area contributed by atoms with E-state index in [4.69, 9.17) is 0 Å². The summed E-state index contributed by atoms with van der Waals surface area (Å²) in [5.74, 6) is 0.603. The van der Waals surface area contributed by atoms with Gasteiger partial charge in [0, 0.05) is 6.54 Å². The molecule has 0 saturated heterocycles. The number of carboxylic acid groups (broad SMARTS) is 1. The van der Waals surface area contributed by atoms with Gasteiger partial charge in [-0.05, 0) is 61.5 Å². The van der Waals surface area contributed by atoms with Crippen molar-refractivity contribution in [2.45, 2.75) is 52.4 Å². The molecule has 1 fully saturated rings. The van der Waals surface area contributed by atoms with Crippen molar-refractivity contribution in [3.05, 3.63) is 35.9 Å². The predicted molar refractivity (Wildman–Crippen MR) is 94.5 cm³/mol. The van der Waals surface area contributed by atoms with Crippen molar-refractivity contribution in [2.24, 2.45) is 17.3 Å². The Morgan fingerprint density at radius 1 is 1.22 bits per heavy atom. The number of rotatable bonds is 8. The molecule has 0 amide bonds. The van der Waals surface area contributed by atoms with Crippen LogP contribution in [0.2, 0.25) is 0 Å². The number of aliphatic carboxylic acids is 1. The number of aryl methyl sites for hydroxylation is 1. The monoisotopic (exact) mass is 317 g/mol. The normalized spacial score (nSPS) is 27.7. The van der Waals surface area contributed by atoms with Crippen molar-refractivity contribution in [1.82, 2.24) is 5.32 Å². The molecule has 128 valence electrons. The van der Waals surface area contributed by atoms with Gasteiger partial charge in [-0.15, -0.1) is 0 Å². The minimum Gasteiger partial charge on any atom is -0.481 e. The van der Waals surface area contributed by atoms with Gasteiger partial charge < -0.3 is 10.4 Å². The second kappa shape index (κ2) is 8.49. The third kappa shape index (κ3) is 5.98. The molecule has 1 aliphatic carbocycles. The Balaban J connectivity index is 1.80. The first kappa shape index (κ1) is 18.0. The summed E-state index contributed by atoms with van der Waals surface area (Å²) >= 11 is 0. The quantitative estimate of drug-likeness (QED) is 0.709. The zero-order valence-corrected chi connectivity index (χ0v) is 14.6. The lowest BCUT2D eigenvalue weighted by Gasteiger charge is -2.42. The van der Waals surface area contributed by atoms with E-state index in [1.807, 2.05) is 6.07 Å². The summed E-state index contributed by atoms with van der Waals surface area (Å²) in [4.78, 5) is 11.3. The first-order valence-corrected chi connectivity index (χ1v) is 8.95. The van der Waals surface area contributed by atoms with Gasteiger partial charge in [0.1, 0.15) is 0 Å². The minimum atomic E-state index is -0.655. The molecule has 0 heterocycles. The van der Waals surface area contributed by atoms with Crippen molar-refractivity contribution in [2.75, 3.05) is 13.1 Å². The van der Waals surface area contributed by atoms with E-state index in [1.54, 1.807) is 0 Å². The molecule has 1 unspecified atom stereocenters. The highest BCUT2D eigenvalue weighted by Gasteiger charge is 2.39. The van der Waals surface area contributed by atoms with Crippen LogP contribution < -0.4 is 5.32 Å². The highest BCUT2D eigenvalue weighted by atomic mass is 16.4. The summed E-state index contributed by atoms with van der Waals surface area (Å²) < 4.78 is 0. The van der Waals surface area contributed by atoms with E-state index < -0.39 is 5.97 Å². The number of hydrogen-bond acceptors (Lipinski definition) is 2. The lowest BCUT2D eigenvalue weighted by Crippen LogP contribution is -2.42. The second-order valence-electron chi connectivity index (χ2n) is 7.69. The second-order valence-corrected chi connectivity index (χ2v) is 7.69. The van der Waals surface area contributed by atoms with Crippen molar-refractivity contribution in [1.29, 1.82) is 0 Å². The molecule has 3 heteroatoms. The third-order valence-corrected chi connectivity index (χ3v) is 5.06. The fourth-order valence-corrected chi connectivity index (χ4v) is 4.50. The molecule has 0 radical (unpaired) electrons. The average Bonchev–Trinajstić information content (AvgIpc) is 2.46. The van der Waals surface area contributed by atoms with Crippen LogP contribution in [0.1, 0.15) is 51.5 Å². The van der Waals surface area contributed by atoms with Crippen LogP contribution in [0.15, 0.2) is 30.3 Å². The summed E-state index contributed by atoms with van der Waals surface area (Å²) in [6.45, 7) is 6.32. The first-order chi connectivity index (χ1) is 11.0. The first-order valence-electron chi connectivity index (χ1n) is 8.95. The summed E-state index contributed by atoms with van der Waals surface area (Å²) in [5, 5.41) is 12.9. The largest absolute Gasteiger partial charge is 0.481 e. The van der Waals surface area contributed by atoms with Gasteiger partial charge >= 0.3 is 5.97 Å². The molecule has 0 spiro atoms. The topological polar surface area (TPSA) is 49.3 Å². The van der Waals surface area contributed by atoms with E-state index in [9.17, 15) is 9.90 Å². The van der Waals surface area contributed by atoms with Crippen LogP contribution in [0.3, 0.4) is 0 Å². The van der Waals surface area contributed by atoms with E-state index in [1.165, 1.54) is 12.0 Å². The van der Waals surface area contributed by atoms with E-state index in [2.05, 4.69) is 43.4 Å². The number of carboxylic acids is 1. The molecule has 3 atom stereocenters. The molecule has 0 aliphatic heterocycles. The Kier molecular flexibility index (Phi) is 6.64. The maximum absolute atomic E-state index is 11.3. The molecular formula is C20H31NO2. The SMILES string of the molecule is C[C@@H]1C[C@H](C)CC(CNCCCc2ccccc2)(CC(=O)O)C1. The number of nitrogens with one attached hydrogen (secondary N) is 1. The molecule has 2 N–H and O–H groups in total. The zero-order chi connectivity index (χ0) is 16.7. The van der Waals surface area contributed by atoms with Crippen molar-refractivity contribution >= 4 is 5.97 Å². The molecule has 23 heavy (non-hydrogen) atoms. The zero-order valence-electron chi connectivity index (χ0n) is 14.6. The minimum absolute atomic E-state index is 0.0599. The van der Waals surface area contributed by atoms with Crippen LogP contribution in [-0.2, 0) is 11.2 Å². The van der Waals surface area contributed by atoms with E-state index >= 15 is 0 Å². The van der Waals surface area contributed by atoms with Gasteiger partial charge in [0.25, 0.3) is 0 Å². The molecule has 0 aromatic heterocycles. The van der Waals surface area contributed by atoms with Gasteiger partial charge in [0.05, 0.1) is 6.42 Å². The summed E-state index contributed by atoms with van der Waals surface area (Å²) in [6, 6.07) is 10.5. The van der Waals surface area contributed by atoms with Gasteiger partial charge in [-0.3, -0.25) is 4.79 Å². The van der Waals surface area contributed by atoms with Crippen LogP contribution in [0.4, 0.5) is 0 Å². The average molecular weight is 317 g/mol. The summed E-state index contributed by atoms with van der Waals surface area (Å²) in [7, 11) is 0. The predicted octanol–water partition coefficient (Wildman–Crippen LogP) is 4.13. The molecule has 0 bridgehead atoms. The fourth-order valence-electron chi connectivity index (χ4n) is 4.50. The van der Waals surface area contributed by atoms with Crippen LogP contribution in [-0.4, -0.2) is 24.2 Å². The van der Waals surface area contributed by atoms with Crippen LogP contribution in [0.25, 0.3) is 0 Å². The summed E-state index contributed by atoms with van der Waals surface area (Å²) in [5.41, 5.74) is 1.31. The van der Waals surface area contributed by atoms with Crippen LogP contribution >= 0.6 is 0 Å². The van der Waals surface area contributed by atoms with Crippen molar-refractivity contribution in [3.8, 4) is 0 Å².